The predicted molar refractivity (Wildman–Crippen MR) is 101 cm³/mol. The third-order valence-corrected chi connectivity index (χ3v) is 3.68. The van der Waals surface area contributed by atoms with Gasteiger partial charge in [0.1, 0.15) is 11.5 Å². The summed E-state index contributed by atoms with van der Waals surface area (Å²) in [4.78, 5) is 16.2. The van der Waals surface area contributed by atoms with Crippen LogP contribution in [0, 0.1) is 0 Å². The van der Waals surface area contributed by atoms with E-state index in [1.165, 1.54) is 24.5 Å². The molecule has 2 aromatic rings. The summed E-state index contributed by atoms with van der Waals surface area (Å²) in [5.41, 5.74) is 0.396. The van der Waals surface area contributed by atoms with Crippen LogP contribution < -0.4 is 20.7 Å². The van der Waals surface area contributed by atoms with Gasteiger partial charge in [-0.25, -0.2) is 4.99 Å². The quantitative estimate of drug-likeness (QED) is 0.434. The fraction of sp³-hybridized carbons (Fsp3) is 0.333. The maximum absolute atomic E-state index is 12.5. The summed E-state index contributed by atoms with van der Waals surface area (Å²) in [6.07, 6.45) is 1.53. The molecule has 0 aliphatic rings. The minimum absolute atomic E-state index is 0.00445. The molecule has 28 heavy (non-hydrogen) atoms. The third kappa shape index (κ3) is 7.43. The highest BCUT2D eigenvalue weighted by molar-refractivity contribution is 6.30. The van der Waals surface area contributed by atoms with E-state index in [1.807, 2.05) is 6.92 Å². The van der Waals surface area contributed by atoms with Crippen molar-refractivity contribution in [3.8, 4) is 5.75 Å². The summed E-state index contributed by atoms with van der Waals surface area (Å²) >= 11 is 5.93. The number of alkyl halides is 2. The molecule has 0 aliphatic heterocycles. The predicted octanol–water partition coefficient (Wildman–Crippen LogP) is 2.91. The molecule has 0 unspecified atom stereocenters. The minimum atomic E-state index is -2.95. The van der Waals surface area contributed by atoms with Gasteiger partial charge in [-0.15, -0.1) is 0 Å². The van der Waals surface area contributed by atoms with E-state index in [1.54, 1.807) is 12.1 Å². The van der Waals surface area contributed by atoms with Crippen molar-refractivity contribution in [1.82, 2.24) is 16.0 Å². The standard InChI is InChI=1S/C18H21ClF2N4O3/c1-2-22-18(25-11-16(26)23-10-14-4-3-7-27-14)24-9-12-8-13(19)5-6-15(12)28-17(20)21/h3-8,17H,2,9-11H2,1H3,(H,23,26)(H2,22,24,25). The molecule has 0 atom stereocenters. The third-order valence-electron chi connectivity index (χ3n) is 3.45. The van der Waals surface area contributed by atoms with E-state index < -0.39 is 6.61 Å². The lowest BCUT2D eigenvalue weighted by molar-refractivity contribution is -0.120. The van der Waals surface area contributed by atoms with Gasteiger partial charge in [0.2, 0.25) is 5.91 Å². The van der Waals surface area contributed by atoms with Crippen LogP contribution in [0.15, 0.2) is 46.0 Å². The molecule has 1 heterocycles. The molecule has 1 aromatic carbocycles. The van der Waals surface area contributed by atoms with E-state index in [0.717, 1.165) is 0 Å². The maximum atomic E-state index is 12.5. The van der Waals surface area contributed by atoms with Crippen LogP contribution in [0.2, 0.25) is 5.02 Å². The molecule has 3 N–H and O–H groups in total. The summed E-state index contributed by atoms with van der Waals surface area (Å²) in [5, 5.41) is 8.91. The molecule has 0 spiro atoms. The number of carbonyl (C=O) groups is 1. The summed E-state index contributed by atoms with van der Waals surface area (Å²) in [6, 6.07) is 7.81. The molecule has 0 radical (unpaired) electrons. The van der Waals surface area contributed by atoms with Crippen molar-refractivity contribution in [2.45, 2.75) is 26.6 Å². The van der Waals surface area contributed by atoms with Gasteiger partial charge in [-0.2, -0.15) is 8.78 Å². The Morgan fingerprint density at radius 2 is 2.11 bits per heavy atom. The second-order valence-electron chi connectivity index (χ2n) is 5.54. The number of halogens is 3. The molecule has 152 valence electrons. The van der Waals surface area contributed by atoms with Crippen molar-refractivity contribution < 1.29 is 22.7 Å². The number of nitrogens with zero attached hydrogens (tertiary/aromatic N) is 1. The summed E-state index contributed by atoms with van der Waals surface area (Å²) in [7, 11) is 0. The number of furan rings is 1. The second-order valence-corrected chi connectivity index (χ2v) is 5.97. The molecule has 0 saturated heterocycles. The average molecular weight is 415 g/mol. The van der Waals surface area contributed by atoms with Gasteiger partial charge < -0.3 is 25.1 Å². The van der Waals surface area contributed by atoms with E-state index >= 15 is 0 Å². The molecule has 0 aliphatic carbocycles. The lowest BCUT2D eigenvalue weighted by Crippen LogP contribution is -2.43. The molecular formula is C18H21ClF2N4O3. The summed E-state index contributed by atoms with van der Waals surface area (Å²) in [6.45, 7) is -0.255. The van der Waals surface area contributed by atoms with Crippen LogP contribution in [0.5, 0.6) is 5.75 Å². The smallest absolute Gasteiger partial charge is 0.387 e. The number of hydrogen-bond acceptors (Lipinski definition) is 4. The maximum Gasteiger partial charge on any atom is 0.387 e. The molecule has 0 bridgehead atoms. The zero-order chi connectivity index (χ0) is 20.4. The van der Waals surface area contributed by atoms with E-state index in [2.05, 4.69) is 25.7 Å². The Morgan fingerprint density at radius 3 is 2.79 bits per heavy atom. The molecule has 7 nitrogen and oxygen atoms in total. The topological polar surface area (TPSA) is 87.9 Å². The van der Waals surface area contributed by atoms with Gasteiger partial charge >= 0.3 is 6.61 Å². The molecule has 0 fully saturated rings. The van der Waals surface area contributed by atoms with Crippen molar-refractivity contribution in [2.75, 3.05) is 13.1 Å². The van der Waals surface area contributed by atoms with Crippen molar-refractivity contribution in [2.24, 2.45) is 4.99 Å². The summed E-state index contributed by atoms with van der Waals surface area (Å²) < 4.78 is 34.7. The number of hydrogen-bond donors (Lipinski definition) is 3. The SMILES string of the molecule is CCNC(=NCc1cc(Cl)ccc1OC(F)F)NCC(=O)NCc1ccco1. The largest absolute Gasteiger partial charge is 0.467 e. The van der Waals surface area contributed by atoms with Crippen LogP contribution >= 0.6 is 11.6 Å². The molecular weight excluding hydrogens is 394 g/mol. The van der Waals surface area contributed by atoms with Gasteiger partial charge in [-0.05, 0) is 37.3 Å². The van der Waals surface area contributed by atoms with Crippen LogP contribution in [0.3, 0.4) is 0 Å². The Hall–Kier alpha value is -2.81. The number of rotatable bonds is 9. The van der Waals surface area contributed by atoms with Crippen molar-refractivity contribution in [3.63, 3.8) is 0 Å². The van der Waals surface area contributed by atoms with Crippen LogP contribution in [0.25, 0.3) is 0 Å². The van der Waals surface area contributed by atoms with Crippen molar-refractivity contribution in [3.05, 3.63) is 52.9 Å². The first-order valence-corrected chi connectivity index (χ1v) is 8.90. The highest BCUT2D eigenvalue weighted by atomic mass is 35.5. The highest BCUT2D eigenvalue weighted by Gasteiger charge is 2.11. The van der Waals surface area contributed by atoms with Gasteiger partial charge in [0, 0.05) is 17.1 Å². The van der Waals surface area contributed by atoms with Gasteiger partial charge in [0.25, 0.3) is 0 Å². The number of nitrogens with one attached hydrogen (secondary N) is 3. The van der Waals surface area contributed by atoms with E-state index in [9.17, 15) is 13.6 Å². The number of benzene rings is 1. The average Bonchev–Trinajstić information content (AvgIpc) is 3.17. The Morgan fingerprint density at radius 1 is 1.29 bits per heavy atom. The first kappa shape index (κ1) is 21.5. The van der Waals surface area contributed by atoms with E-state index in [4.69, 9.17) is 16.0 Å². The minimum Gasteiger partial charge on any atom is -0.467 e. The number of ether oxygens (including phenoxy) is 1. The van der Waals surface area contributed by atoms with Crippen LogP contribution in [0.4, 0.5) is 8.78 Å². The van der Waals surface area contributed by atoms with Gasteiger partial charge in [-0.3, -0.25) is 4.79 Å². The molecule has 10 heteroatoms. The van der Waals surface area contributed by atoms with E-state index in [0.29, 0.717) is 28.9 Å². The lowest BCUT2D eigenvalue weighted by Gasteiger charge is -2.13. The van der Waals surface area contributed by atoms with Gasteiger partial charge in [0.15, 0.2) is 5.96 Å². The monoisotopic (exact) mass is 414 g/mol. The highest BCUT2D eigenvalue weighted by Crippen LogP contribution is 2.25. The molecule has 1 amide bonds. The van der Waals surface area contributed by atoms with E-state index in [-0.39, 0.29) is 31.3 Å². The molecule has 2 rings (SSSR count). The van der Waals surface area contributed by atoms with Crippen molar-refractivity contribution in [1.29, 1.82) is 0 Å². The Balaban J connectivity index is 1.94. The Bertz CT molecular complexity index is 785. The number of amides is 1. The first-order valence-electron chi connectivity index (χ1n) is 8.52. The van der Waals surface area contributed by atoms with Crippen molar-refractivity contribution >= 4 is 23.5 Å². The first-order chi connectivity index (χ1) is 13.5. The fourth-order valence-corrected chi connectivity index (χ4v) is 2.41. The zero-order valence-electron chi connectivity index (χ0n) is 15.2. The lowest BCUT2D eigenvalue weighted by atomic mass is 10.2. The zero-order valence-corrected chi connectivity index (χ0v) is 15.9. The molecule has 1 aromatic heterocycles. The van der Waals surface area contributed by atoms with Gasteiger partial charge in [0.05, 0.1) is 25.9 Å². The van der Waals surface area contributed by atoms with Crippen LogP contribution in [-0.2, 0) is 17.9 Å². The Kier molecular flexibility index (Phi) is 8.54. The molecule has 0 saturated carbocycles. The second kappa shape index (κ2) is 11.1. The number of aliphatic imine (C=N–C) groups is 1. The Labute approximate surface area is 166 Å². The number of guanidine groups is 1. The normalized spacial score (nSPS) is 11.4. The van der Waals surface area contributed by atoms with Crippen LogP contribution in [0.1, 0.15) is 18.2 Å². The van der Waals surface area contributed by atoms with Crippen LogP contribution in [-0.4, -0.2) is 31.6 Å². The van der Waals surface area contributed by atoms with Gasteiger partial charge in [-0.1, -0.05) is 11.6 Å². The fourth-order valence-electron chi connectivity index (χ4n) is 2.21. The summed E-state index contributed by atoms with van der Waals surface area (Å²) in [5.74, 6) is 0.724. The number of carbonyl (C=O) groups excluding carboxylic acids is 1.